The van der Waals surface area contributed by atoms with Gasteiger partial charge < -0.3 is 14.4 Å². The molecule has 4 rings (SSSR count). The van der Waals surface area contributed by atoms with E-state index in [-0.39, 0.29) is 23.7 Å². The van der Waals surface area contributed by atoms with Gasteiger partial charge in [0.05, 0.1) is 18.6 Å². The molecule has 0 amide bonds. The van der Waals surface area contributed by atoms with Gasteiger partial charge in [-0.05, 0) is 30.7 Å². The van der Waals surface area contributed by atoms with Crippen LogP contribution in [0.15, 0.2) is 71.4 Å². The average molecular weight is 429 g/mol. The largest absolute Gasteiger partial charge is 0.478 e. The van der Waals surface area contributed by atoms with Crippen molar-refractivity contribution < 1.29 is 28.8 Å². The van der Waals surface area contributed by atoms with E-state index in [9.17, 15) is 14.4 Å². The van der Waals surface area contributed by atoms with Crippen molar-refractivity contribution in [2.45, 2.75) is 13.3 Å². The van der Waals surface area contributed by atoms with Crippen molar-refractivity contribution in [3.63, 3.8) is 0 Å². The van der Waals surface area contributed by atoms with E-state index in [1.54, 1.807) is 19.1 Å². The van der Waals surface area contributed by atoms with Crippen LogP contribution in [0.5, 0.6) is 0 Å². The maximum Gasteiger partial charge on any atom is 0.335 e. The molecule has 0 spiro atoms. The predicted octanol–water partition coefficient (Wildman–Crippen LogP) is 4.48. The molecule has 0 saturated carbocycles. The number of ketones is 1. The summed E-state index contributed by atoms with van der Waals surface area (Å²) in [5, 5.41) is 13.2. The van der Waals surface area contributed by atoms with Crippen LogP contribution in [0.3, 0.4) is 0 Å². The lowest BCUT2D eigenvalue weighted by molar-refractivity contribution is -0.142. The van der Waals surface area contributed by atoms with Crippen molar-refractivity contribution in [3.8, 4) is 22.4 Å². The van der Waals surface area contributed by atoms with Crippen LogP contribution < -0.4 is 0 Å². The molecule has 2 aromatic rings. The first kappa shape index (κ1) is 21.0. The van der Waals surface area contributed by atoms with Crippen LogP contribution in [0, 0.1) is 0 Å². The molecule has 1 heterocycles. The lowest BCUT2D eigenvalue weighted by Crippen LogP contribution is -2.07. The fourth-order valence-electron chi connectivity index (χ4n) is 3.49. The van der Waals surface area contributed by atoms with E-state index in [1.165, 1.54) is 30.5 Å². The molecule has 0 saturated heterocycles. The Labute approximate surface area is 183 Å². The molecule has 0 unspecified atom stereocenters. The summed E-state index contributed by atoms with van der Waals surface area (Å²) in [5.41, 5.74) is 4.46. The molecule has 0 bridgehead atoms. The van der Waals surface area contributed by atoms with Gasteiger partial charge in [0, 0.05) is 27.8 Å². The topological polar surface area (TPSA) is 107 Å². The number of esters is 1. The number of carbonyl (C=O) groups is 3. The van der Waals surface area contributed by atoms with E-state index in [1.807, 2.05) is 24.3 Å². The summed E-state index contributed by atoms with van der Waals surface area (Å²) in [5.74, 6) is -1.58. The summed E-state index contributed by atoms with van der Waals surface area (Å²) in [6.45, 7) is 2.10. The second kappa shape index (κ2) is 8.85. The molecular weight excluding hydrogens is 410 g/mol. The number of rotatable bonds is 7. The van der Waals surface area contributed by atoms with Gasteiger partial charge in [-0.1, -0.05) is 47.6 Å². The standard InChI is InChI=1S/C25H19NO6/c1-2-31-22(27)13-15-3-5-16(6-4-15)23-19-11-12-20(21(19)14-32-26-23)24(28)17-7-9-18(10-8-17)25(29)30/h3-12,14H,2,13H2,1H3,(H,29,30). The fourth-order valence-corrected chi connectivity index (χ4v) is 3.49. The molecule has 1 aliphatic carbocycles. The van der Waals surface area contributed by atoms with E-state index < -0.39 is 5.97 Å². The first-order valence-electron chi connectivity index (χ1n) is 9.98. The molecule has 0 aromatic heterocycles. The molecule has 0 radical (unpaired) electrons. The molecule has 0 atom stereocenters. The minimum Gasteiger partial charge on any atom is -0.478 e. The smallest absolute Gasteiger partial charge is 0.335 e. The van der Waals surface area contributed by atoms with Gasteiger partial charge in [0.15, 0.2) is 5.78 Å². The maximum atomic E-state index is 13.0. The Bertz CT molecular complexity index is 1250. The number of hydrogen-bond donors (Lipinski definition) is 1. The normalized spacial score (nSPS) is 10.8. The number of aromatic carboxylic acids is 1. The van der Waals surface area contributed by atoms with Gasteiger partial charge in [0.1, 0.15) is 12.0 Å². The van der Waals surface area contributed by atoms with Gasteiger partial charge in [-0.3, -0.25) is 9.59 Å². The minimum atomic E-state index is -1.05. The monoisotopic (exact) mass is 429 g/mol. The van der Waals surface area contributed by atoms with Crippen LogP contribution in [-0.4, -0.2) is 34.6 Å². The number of fused-ring (bicyclic) bond motifs is 1. The summed E-state index contributed by atoms with van der Waals surface area (Å²) in [7, 11) is 0. The van der Waals surface area contributed by atoms with Crippen molar-refractivity contribution in [1.29, 1.82) is 0 Å². The highest BCUT2D eigenvalue weighted by atomic mass is 16.5. The third-order valence-electron chi connectivity index (χ3n) is 5.09. The fraction of sp³-hybridized carbons (Fsp3) is 0.120. The zero-order valence-corrected chi connectivity index (χ0v) is 17.2. The predicted molar refractivity (Wildman–Crippen MR) is 116 cm³/mol. The second-order valence-electron chi connectivity index (χ2n) is 7.13. The Morgan fingerprint density at radius 2 is 1.59 bits per heavy atom. The molecule has 160 valence electrons. The van der Waals surface area contributed by atoms with Gasteiger partial charge in [0.25, 0.3) is 0 Å². The number of hydrogen-bond acceptors (Lipinski definition) is 6. The molecule has 2 aliphatic rings. The van der Waals surface area contributed by atoms with E-state index >= 15 is 0 Å². The minimum absolute atomic E-state index is 0.113. The van der Waals surface area contributed by atoms with Crippen molar-refractivity contribution in [2.24, 2.45) is 0 Å². The first-order chi connectivity index (χ1) is 15.5. The molecule has 7 heteroatoms. The number of carboxylic acid groups (broad SMARTS) is 1. The Kier molecular flexibility index (Phi) is 5.81. The van der Waals surface area contributed by atoms with Crippen LogP contribution >= 0.6 is 0 Å². The third-order valence-corrected chi connectivity index (χ3v) is 5.09. The van der Waals surface area contributed by atoms with Crippen molar-refractivity contribution >= 4 is 17.7 Å². The number of ether oxygens (including phenoxy) is 1. The van der Waals surface area contributed by atoms with Crippen molar-refractivity contribution in [3.05, 3.63) is 89.2 Å². The van der Waals surface area contributed by atoms with Crippen molar-refractivity contribution in [1.82, 2.24) is 5.16 Å². The summed E-state index contributed by atoms with van der Waals surface area (Å²) in [6, 6.07) is 16.6. The van der Waals surface area contributed by atoms with Gasteiger partial charge in [0.2, 0.25) is 0 Å². The first-order valence-corrected chi connectivity index (χ1v) is 9.98. The summed E-state index contributed by atoms with van der Waals surface area (Å²) in [4.78, 5) is 35.7. The Morgan fingerprint density at radius 3 is 2.25 bits per heavy atom. The van der Waals surface area contributed by atoms with E-state index in [0.717, 1.165) is 16.7 Å². The Balaban J connectivity index is 1.60. The summed E-state index contributed by atoms with van der Waals surface area (Å²) >= 11 is 0. The SMILES string of the molecule is CCOC(=O)Cc1ccc(-c2nocc3c(C(=O)c4ccc(C(=O)O)cc4)ccc2-3)cc1. The zero-order valence-electron chi connectivity index (χ0n) is 17.2. The van der Waals surface area contributed by atoms with Gasteiger partial charge >= 0.3 is 11.9 Å². The second-order valence-corrected chi connectivity index (χ2v) is 7.13. The molecule has 0 fully saturated rings. The highest BCUT2D eigenvalue weighted by Gasteiger charge is 2.22. The highest BCUT2D eigenvalue weighted by molar-refractivity contribution is 6.14. The number of carbonyl (C=O) groups excluding carboxylic acids is 2. The molecular formula is C25H19NO6. The van der Waals surface area contributed by atoms with E-state index in [4.69, 9.17) is 14.4 Å². The molecule has 32 heavy (non-hydrogen) atoms. The molecule has 2 aromatic carbocycles. The van der Waals surface area contributed by atoms with E-state index in [2.05, 4.69) is 5.16 Å². The maximum absolute atomic E-state index is 13.0. The number of carboxylic acids is 1. The van der Waals surface area contributed by atoms with Crippen LogP contribution in [0.25, 0.3) is 22.4 Å². The van der Waals surface area contributed by atoms with Crippen LogP contribution in [0.4, 0.5) is 0 Å². The molecule has 7 nitrogen and oxygen atoms in total. The lowest BCUT2D eigenvalue weighted by Gasteiger charge is -2.09. The van der Waals surface area contributed by atoms with Gasteiger partial charge in [-0.25, -0.2) is 4.79 Å². The Hall–Kier alpha value is -4.26. The molecule has 1 N–H and O–H groups in total. The van der Waals surface area contributed by atoms with E-state index in [0.29, 0.717) is 29.0 Å². The third kappa shape index (κ3) is 4.13. The quantitative estimate of drug-likeness (QED) is 0.341. The van der Waals surface area contributed by atoms with Crippen LogP contribution in [-0.2, 0) is 16.0 Å². The van der Waals surface area contributed by atoms with Crippen LogP contribution in [0.1, 0.15) is 38.8 Å². The van der Waals surface area contributed by atoms with Crippen molar-refractivity contribution in [2.75, 3.05) is 6.61 Å². The Morgan fingerprint density at radius 1 is 0.906 bits per heavy atom. The average Bonchev–Trinajstić information content (AvgIpc) is 3.24. The highest BCUT2D eigenvalue weighted by Crippen LogP contribution is 2.36. The summed E-state index contributed by atoms with van der Waals surface area (Å²) < 4.78 is 10.3. The number of benzene rings is 2. The van der Waals surface area contributed by atoms with Gasteiger partial charge in [-0.2, -0.15) is 0 Å². The zero-order chi connectivity index (χ0) is 22.7. The van der Waals surface area contributed by atoms with Gasteiger partial charge in [-0.15, -0.1) is 0 Å². The lowest BCUT2D eigenvalue weighted by atomic mass is 9.97. The molecule has 1 aliphatic heterocycles. The number of aromatic nitrogens is 1. The van der Waals surface area contributed by atoms with Crippen LogP contribution in [0.2, 0.25) is 0 Å². The summed E-state index contributed by atoms with van der Waals surface area (Å²) in [6.07, 6.45) is 1.61. The number of nitrogens with zero attached hydrogens (tertiary/aromatic N) is 1.